The molecule has 0 aliphatic rings. The van der Waals surface area contributed by atoms with E-state index in [1.807, 2.05) is 74.7 Å². The molecule has 1 atom stereocenters. The topological polar surface area (TPSA) is 119 Å². The van der Waals surface area contributed by atoms with Gasteiger partial charge in [-0.1, -0.05) is 32.9 Å². The zero-order chi connectivity index (χ0) is 23.0. The van der Waals surface area contributed by atoms with Crippen LogP contribution in [0.3, 0.4) is 0 Å². The average molecular weight is 431 g/mol. The predicted octanol–water partition coefficient (Wildman–Crippen LogP) is 4.73. The van der Waals surface area contributed by atoms with E-state index in [1.165, 1.54) is 0 Å². The van der Waals surface area contributed by atoms with Gasteiger partial charge in [0.2, 0.25) is 0 Å². The molecule has 0 radical (unpaired) electrons. The third-order valence-corrected chi connectivity index (χ3v) is 5.33. The van der Waals surface area contributed by atoms with Gasteiger partial charge >= 0.3 is 6.09 Å². The number of amides is 1. The number of nitrogens with two attached hydrogens (primary N) is 1. The molecule has 8 heteroatoms. The van der Waals surface area contributed by atoms with E-state index in [4.69, 9.17) is 10.7 Å². The number of carbonyl (C=O) groups is 1. The summed E-state index contributed by atoms with van der Waals surface area (Å²) in [6.07, 6.45) is 2.39. The summed E-state index contributed by atoms with van der Waals surface area (Å²) < 4.78 is 1.95. The number of nitrogen functional groups attached to an aromatic ring is 1. The maximum absolute atomic E-state index is 11.3. The fourth-order valence-corrected chi connectivity index (χ4v) is 3.84. The number of anilines is 1. The van der Waals surface area contributed by atoms with Gasteiger partial charge in [0, 0.05) is 18.1 Å². The van der Waals surface area contributed by atoms with Crippen LogP contribution in [0.5, 0.6) is 0 Å². The largest absolute Gasteiger partial charge is 0.465 e. The van der Waals surface area contributed by atoms with Crippen molar-refractivity contribution in [2.24, 2.45) is 5.41 Å². The highest BCUT2D eigenvalue weighted by Crippen LogP contribution is 2.35. The van der Waals surface area contributed by atoms with Gasteiger partial charge in [-0.15, -0.1) is 0 Å². The third kappa shape index (κ3) is 3.99. The lowest BCUT2D eigenvalue weighted by molar-refractivity contribution is 0.175. The Kier molecular flexibility index (Phi) is 5.30. The SMILES string of the molecule is Cc1cnc2c(c1)nc(-c1cccnc1N)n2-c1ccc(C(NC(=O)O)C(C)(C)C)cc1. The van der Waals surface area contributed by atoms with E-state index in [0.29, 0.717) is 22.9 Å². The van der Waals surface area contributed by atoms with Crippen molar-refractivity contribution in [1.29, 1.82) is 0 Å². The summed E-state index contributed by atoms with van der Waals surface area (Å²) in [5, 5.41) is 11.9. The Labute approximate surface area is 186 Å². The Morgan fingerprint density at radius 3 is 2.50 bits per heavy atom. The molecule has 0 aliphatic carbocycles. The molecule has 4 rings (SSSR count). The number of benzene rings is 1. The molecular formula is C24H26N6O2. The molecule has 0 aliphatic heterocycles. The highest BCUT2D eigenvalue weighted by Gasteiger charge is 2.28. The first-order valence-electron chi connectivity index (χ1n) is 10.3. The molecule has 164 valence electrons. The summed E-state index contributed by atoms with van der Waals surface area (Å²) in [6.45, 7) is 7.97. The molecule has 4 N–H and O–H groups in total. The number of carboxylic acid groups (broad SMARTS) is 1. The number of aromatic nitrogens is 4. The molecular weight excluding hydrogens is 404 g/mol. The molecule has 0 bridgehead atoms. The number of hydrogen-bond donors (Lipinski definition) is 3. The lowest BCUT2D eigenvalue weighted by Gasteiger charge is -2.31. The van der Waals surface area contributed by atoms with E-state index < -0.39 is 6.09 Å². The second-order valence-corrected chi connectivity index (χ2v) is 8.90. The summed E-state index contributed by atoms with van der Waals surface area (Å²) in [5.74, 6) is 1.03. The second kappa shape index (κ2) is 7.96. The Bertz CT molecular complexity index is 1290. The van der Waals surface area contributed by atoms with Gasteiger partial charge in [-0.05, 0) is 53.8 Å². The van der Waals surface area contributed by atoms with Gasteiger partial charge in [0.15, 0.2) is 11.5 Å². The van der Waals surface area contributed by atoms with Gasteiger partial charge in [0.1, 0.15) is 11.3 Å². The van der Waals surface area contributed by atoms with Crippen LogP contribution in [0.15, 0.2) is 54.9 Å². The van der Waals surface area contributed by atoms with E-state index in [9.17, 15) is 9.90 Å². The van der Waals surface area contributed by atoms with Crippen molar-refractivity contribution in [1.82, 2.24) is 24.8 Å². The van der Waals surface area contributed by atoms with Crippen molar-refractivity contribution < 1.29 is 9.90 Å². The third-order valence-electron chi connectivity index (χ3n) is 5.33. The van der Waals surface area contributed by atoms with E-state index in [-0.39, 0.29) is 11.5 Å². The molecule has 32 heavy (non-hydrogen) atoms. The Balaban J connectivity index is 1.87. The van der Waals surface area contributed by atoms with Crippen LogP contribution >= 0.6 is 0 Å². The predicted molar refractivity (Wildman–Crippen MR) is 125 cm³/mol. The summed E-state index contributed by atoms with van der Waals surface area (Å²) in [4.78, 5) is 25.0. The van der Waals surface area contributed by atoms with Crippen LogP contribution < -0.4 is 11.1 Å². The molecule has 8 nitrogen and oxygen atoms in total. The fourth-order valence-electron chi connectivity index (χ4n) is 3.84. The number of nitrogens with zero attached hydrogens (tertiary/aromatic N) is 4. The maximum Gasteiger partial charge on any atom is 0.405 e. The number of fused-ring (bicyclic) bond motifs is 1. The van der Waals surface area contributed by atoms with Gasteiger partial charge in [-0.2, -0.15) is 0 Å². The number of aryl methyl sites for hydroxylation is 1. The van der Waals surface area contributed by atoms with Crippen molar-refractivity contribution in [3.8, 4) is 17.1 Å². The quantitative estimate of drug-likeness (QED) is 0.431. The first kappa shape index (κ1) is 21.3. The van der Waals surface area contributed by atoms with Crippen molar-refractivity contribution in [2.45, 2.75) is 33.7 Å². The highest BCUT2D eigenvalue weighted by molar-refractivity contribution is 5.83. The Morgan fingerprint density at radius 2 is 1.88 bits per heavy atom. The van der Waals surface area contributed by atoms with Gasteiger partial charge < -0.3 is 16.2 Å². The Hall–Kier alpha value is -3.94. The average Bonchev–Trinajstić information content (AvgIpc) is 3.10. The highest BCUT2D eigenvalue weighted by atomic mass is 16.4. The molecule has 1 aromatic carbocycles. The zero-order valence-corrected chi connectivity index (χ0v) is 18.5. The van der Waals surface area contributed by atoms with Gasteiger partial charge in [0.05, 0.1) is 11.6 Å². The zero-order valence-electron chi connectivity index (χ0n) is 18.5. The van der Waals surface area contributed by atoms with Crippen molar-refractivity contribution >= 4 is 23.1 Å². The molecule has 0 fully saturated rings. The van der Waals surface area contributed by atoms with E-state index in [1.54, 1.807) is 12.4 Å². The first-order chi connectivity index (χ1) is 15.1. The molecule has 3 heterocycles. The second-order valence-electron chi connectivity index (χ2n) is 8.90. The summed E-state index contributed by atoms with van der Waals surface area (Å²) in [6, 6.07) is 13.1. The smallest absolute Gasteiger partial charge is 0.405 e. The molecule has 0 saturated carbocycles. The minimum absolute atomic E-state index is 0.296. The first-order valence-corrected chi connectivity index (χ1v) is 10.3. The summed E-state index contributed by atoms with van der Waals surface area (Å²) in [5.41, 5.74) is 10.8. The molecule has 4 aromatic rings. The summed E-state index contributed by atoms with van der Waals surface area (Å²) >= 11 is 0. The monoisotopic (exact) mass is 430 g/mol. The van der Waals surface area contributed by atoms with E-state index in [0.717, 1.165) is 22.3 Å². The minimum atomic E-state index is -1.05. The summed E-state index contributed by atoms with van der Waals surface area (Å²) in [7, 11) is 0. The van der Waals surface area contributed by atoms with Crippen molar-refractivity contribution in [3.05, 3.63) is 66.0 Å². The van der Waals surface area contributed by atoms with E-state index in [2.05, 4.69) is 15.3 Å². The van der Waals surface area contributed by atoms with Crippen LogP contribution in [0.2, 0.25) is 0 Å². The Morgan fingerprint density at radius 1 is 1.16 bits per heavy atom. The van der Waals surface area contributed by atoms with Crippen LogP contribution in [0, 0.1) is 12.3 Å². The molecule has 0 saturated heterocycles. The van der Waals surface area contributed by atoms with Gasteiger partial charge in [0.25, 0.3) is 0 Å². The molecule has 1 amide bonds. The van der Waals surface area contributed by atoms with Crippen molar-refractivity contribution in [2.75, 3.05) is 5.73 Å². The minimum Gasteiger partial charge on any atom is -0.465 e. The fraction of sp³-hybridized carbons (Fsp3) is 0.250. The number of nitrogens with one attached hydrogen (secondary N) is 1. The van der Waals surface area contributed by atoms with Crippen LogP contribution in [-0.4, -0.2) is 30.7 Å². The van der Waals surface area contributed by atoms with Gasteiger partial charge in [-0.25, -0.2) is 19.7 Å². The standard InChI is InChI=1S/C24H26N6O2/c1-14-12-18-22(27-13-14)30(21(28-18)17-6-5-11-26-20(17)25)16-9-7-15(8-10-16)19(24(2,3)4)29-23(31)32/h5-13,19,29H,1-4H3,(H2,25,26)(H,31,32). The lowest BCUT2D eigenvalue weighted by atomic mass is 9.82. The number of imidazole rings is 1. The number of hydrogen-bond acceptors (Lipinski definition) is 5. The molecule has 0 spiro atoms. The van der Waals surface area contributed by atoms with Crippen LogP contribution in [0.1, 0.15) is 37.9 Å². The van der Waals surface area contributed by atoms with E-state index >= 15 is 0 Å². The number of rotatable bonds is 4. The van der Waals surface area contributed by atoms with Crippen molar-refractivity contribution in [3.63, 3.8) is 0 Å². The molecule has 1 unspecified atom stereocenters. The van der Waals surface area contributed by atoms with Gasteiger partial charge in [-0.3, -0.25) is 4.57 Å². The van der Waals surface area contributed by atoms with Crippen LogP contribution in [0.4, 0.5) is 10.6 Å². The lowest BCUT2D eigenvalue weighted by Crippen LogP contribution is -2.35. The number of pyridine rings is 2. The van der Waals surface area contributed by atoms with Crippen LogP contribution in [-0.2, 0) is 0 Å². The molecule has 3 aromatic heterocycles. The maximum atomic E-state index is 11.3. The van der Waals surface area contributed by atoms with Crippen LogP contribution in [0.25, 0.3) is 28.2 Å². The normalized spacial score (nSPS) is 12.6.